The van der Waals surface area contributed by atoms with Crippen LogP contribution in [0.4, 0.5) is 4.39 Å². The van der Waals surface area contributed by atoms with Crippen molar-refractivity contribution in [1.29, 1.82) is 0 Å². The first kappa shape index (κ1) is 13.6. The Morgan fingerprint density at radius 1 is 1.47 bits per heavy atom. The Bertz CT molecular complexity index is 571. The van der Waals surface area contributed by atoms with Crippen LogP contribution in [0.5, 0.6) is 0 Å². The minimum atomic E-state index is -1.23. The fourth-order valence-corrected chi connectivity index (χ4v) is 2.35. The summed E-state index contributed by atoms with van der Waals surface area (Å²) in [6.07, 6.45) is -1.14. The van der Waals surface area contributed by atoms with E-state index in [2.05, 4.69) is 4.98 Å². The van der Waals surface area contributed by atoms with E-state index in [-0.39, 0.29) is 12.2 Å². The third kappa shape index (κ3) is 3.34. The van der Waals surface area contributed by atoms with E-state index in [0.29, 0.717) is 10.7 Å². The van der Waals surface area contributed by atoms with Gasteiger partial charge in [0.1, 0.15) is 16.9 Å². The van der Waals surface area contributed by atoms with Gasteiger partial charge in [0.2, 0.25) is 0 Å². The van der Waals surface area contributed by atoms with Crippen molar-refractivity contribution in [1.82, 2.24) is 10.4 Å². The number of carbonyl (C=O) groups excluding carboxylic acids is 1. The maximum Gasteiger partial charge on any atom is 0.263 e. The number of nitrogens with two attached hydrogens (primary N) is 1. The molecule has 100 valence electrons. The first-order chi connectivity index (χ1) is 9.10. The highest BCUT2D eigenvalue weighted by Gasteiger charge is 2.16. The lowest BCUT2D eigenvalue weighted by Gasteiger charge is -2.05. The van der Waals surface area contributed by atoms with Crippen LogP contribution >= 0.6 is 11.3 Å². The Hall–Kier alpha value is -1.83. The van der Waals surface area contributed by atoms with Crippen molar-refractivity contribution in [2.75, 3.05) is 0 Å². The largest absolute Gasteiger partial charge is 0.383 e. The Morgan fingerprint density at radius 3 is 2.79 bits per heavy atom. The van der Waals surface area contributed by atoms with Crippen molar-refractivity contribution >= 4 is 17.2 Å². The smallest absolute Gasteiger partial charge is 0.263 e. The molecule has 4 N–H and O–H groups in total. The number of benzene rings is 1. The monoisotopic (exact) mass is 281 g/mol. The van der Waals surface area contributed by atoms with Crippen LogP contribution in [-0.4, -0.2) is 22.1 Å². The Kier molecular flexibility index (Phi) is 4.20. The van der Waals surface area contributed by atoms with Gasteiger partial charge in [0.15, 0.2) is 0 Å². The average molecular weight is 281 g/mol. The molecule has 19 heavy (non-hydrogen) atoms. The molecule has 1 atom stereocenters. The second kappa shape index (κ2) is 5.87. The van der Waals surface area contributed by atoms with Crippen LogP contribution in [0.15, 0.2) is 29.6 Å². The molecule has 2 aromatic rings. The number of carbonyl (C=O) groups is 1. The van der Waals surface area contributed by atoms with E-state index in [1.54, 1.807) is 17.5 Å². The third-order valence-electron chi connectivity index (χ3n) is 2.49. The fraction of sp³-hybridized carbons (Fsp3) is 0.167. The van der Waals surface area contributed by atoms with Crippen LogP contribution in [0, 0.1) is 5.82 Å². The predicted molar refractivity (Wildman–Crippen MR) is 69.5 cm³/mol. The van der Waals surface area contributed by atoms with Gasteiger partial charge in [-0.15, -0.1) is 11.3 Å². The SMILES string of the molecule is NNC(=O)C(O)Cc1csc(-c2ccc(F)cc2)n1. The van der Waals surface area contributed by atoms with Gasteiger partial charge in [-0.25, -0.2) is 15.2 Å². The van der Waals surface area contributed by atoms with E-state index < -0.39 is 12.0 Å². The number of rotatable bonds is 4. The van der Waals surface area contributed by atoms with Crippen LogP contribution in [0.25, 0.3) is 10.6 Å². The van der Waals surface area contributed by atoms with Gasteiger partial charge in [0.25, 0.3) is 5.91 Å². The summed E-state index contributed by atoms with van der Waals surface area (Å²) < 4.78 is 12.8. The highest BCUT2D eigenvalue weighted by molar-refractivity contribution is 7.13. The van der Waals surface area contributed by atoms with Gasteiger partial charge in [0.05, 0.1) is 5.69 Å². The third-order valence-corrected chi connectivity index (χ3v) is 3.43. The van der Waals surface area contributed by atoms with Crippen LogP contribution in [-0.2, 0) is 11.2 Å². The van der Waals surface area contributed by atoms with Crippen molar-refractivity contribution in [3.63, 3.8) is 0 Å². The Morgan fingerprint density at radius 2 is 2.16 bits per heavy atom. The highest BCUT2D eigenvalue weighted by atomic mass is 32.1. The van der Waals surface area contributed by atoms with Crippen LogP contribution < -0.4 is 11.3 Å². The first-order valence-corrected chi connectivity index (χ1v) is 6.37. The zero-order valence-corrected chi connectivity index (χ0v) is 10.7. The van der Waals surface area contributed by atoms with Gasteiger partial charge in [-0.3, -0.25) is 10.2 Å². The van der Waals surface area contributed by atoms with E-state index in [9.17, 15) is 14.3 Å². The average Bonchev–Trinajstić information content (AvgIpc) is 2.87. The summed E-state index contributed by atoms with van der Waals surface area (Å²) in [5.41, 5.74) is 3.25. The maximum atomic E-state index is 12.8. The molecule has 0 spiro atoms. The van der Waals surface area contributed by atoms with Crippen LogP contribution in [0.1, 0.15) is 5.69 Å². The molecule has 0 saturated carbocycles. The molecule has 1 heterocycles. The molecule has 1 unspecified atom stereocenters. The summed E-state index contributed by atoms with van der Waals surface area (Å²) in [5.74, 6) is 3.96. The Balaban J connectivity index is 2.11. The minimum absolute atomic E-state index is 0.0841. The molecule has 0 saturated heterocycles. The van der Waals surface area contributed by atoms with Gasteiger partial charge in [-0.2, -0.15) is 0 Å². The van der Waals surface area contributed by atoms with E-state index in [1.165, 1.54) is 23.5 Å². The van der Waals surface area contributed by atoms with Gasteiger partial charge in [-0.1, -0.05) is 0 Å². The first-order valence-electron chi connectivity index (χ1n) is 5.49. The number of hydrogen-bond donors (Lipinski definition) is 3. The number of aliphatic hydroxyl groups excluding tert-OH is 1. The predicted octanol–water partition coefficient (Wildman–Crippen LogP) is 0.843. The normalized spacial score (nSPS) is 12.2. The lowest BCUT2D eigenvalue weighted by Crippen LogP contribution is -2.40. The number of nitrogens with zero attached hydrogens (tertiary/aromatic N) is 1. The van der Waals surface area contributed by atoms with Crippen molar-refractivity contribution < 1.29 is 14.3 Å². The van der Waals surface area contributed by atoms with Crippen molar-refractivity contribution in [2.45, 2.75) is 12.5 Å². The van der Waals surface area contributed by atoms with Crippen molar-refractivity contribution in [3.05, 3.63) is 41.2 Å². The van der Waals surface area contributed by atoms with Gasteiger partial charge < -0.3 is 5.11 Å². The summed E-state index contributed by atoms with van der Waals surface area (Å²) in [6, 6.07) is 5.96. The molecule has 5 nitrogen and oxygen atoms in total. The van der Waals surface area contributed by atoms with E-state index >= 15 is 0 Å². The summed E-state index contributed by atoms with van der Waals surface area (Å²) in [7, 11) is 0. The fourth-order valence-electron chi connectivity index (χ4n) is 1.51. The number of thiazole rings is 1. The number of aromatic nitrogens is 1. The number of hydrazine groups is 1. The summed E-state index contributed by atoms with van der Waals surface area (Å²) in [6.45, 7) is 0. The summed E-state index contributed by atoms with van der Waals surface area (Å²) >= 11 is 1.36. The molecule has 7 heteroatoms. The number of halogens is 1. The molecule has 0 aliphatic carbocycles. The number of hydrogen-bond acceptors (Lipinski definition) is 5. The molecule has 0 bridgehead atoms. The quantitative estimate of drug-likeness (QED) is 0.440. The summed E-state index contributed by atoms with van der Waals surface area (Å²) in [4.78, 5) is 15.4. The molecule has 2 rings (SSSR count). The molecule has 0 aliphatic heterocycles. The topological polar surface area (TPSA) is 88.2 Å². The molecule has 0 aliphatic rings. The van der Waals surface area contributed by atoms with Crippen molar-refractivity contribution in [2.24, 2.45) is 5.84 Å². The zero-order valence-electron chi connectivity index (χ0n) is 9.84. The second-order valence-corrected chi connectivity index (χ2v) is 4.74. The molecule has 0 radical (unpaired) electrons. The summed E-state index contributed by atoms with van der Waals surface area (Å²) in [5, 5.41) is 12.0. The maximum absolute atomic E-state index is 12.8. The molecular formula is C12H12FN3O2S. The van der Waals surface area contributed by atoms with Crippen molar-refractivity contribution in [3.8, 4) is 10.6 Å². The molecule has 1 amide bonds. The molecule has 1 aromatic heterocycles. The van der Waals surface area contributed by atoms with Gasteiger partial charge in [0, 0.05) is 17.4 Å². The molecule has 1 aromatic carbocycles. The zero-order chi connectivity index (χ0) is 13.8. The number of amides is 1. The molecule has 0 fully saturated rings. The lowest BCUT2D eigenvalue weighted by molar-refractivity contribution is -0.129. The second-order valence-electron chi connectivity index (χ2n) is 3.88. The van der Waals surface area contributed by atoms with Crippen LogP contribution in [0.2, 0.25) is 0 Å². The van der Waals surface area contributed by atoms with Crippen LogP contribution in [0.3, 0.4) is 0 Å². The lowest BCUT2D eigenvalue weighted by atomic mass is 10.2. The molecular weight excluding hydrogens is 269 g/mol. The van der Waals surface area contributed by atoms with E-state index in [0.717, 1.165) is 5.56 Å². The van der Waals surface area contributed by atoms with E-state index in [1.807, 2.05) is 5.43 Å². The Labute approximate surface area is 112 Å². The standard InChI is InChI=1S/C12H12FN3O2S/c13-8-3-1-7(2-4-8)12-15-9(6-19-12)5-10(17)11(18)16-14/h1-4,6,10,17H,5,14H2,(H,16,18). The number of aliphatic hydroxyl groups is 1. The van der Waals surface area contributed by atoms with Gasteiger partial charge >= 0.3 is 0 Å². The minimum Gasteiger partial charge on any atom is -0.383 e. The number of nitrogens with one attached hydrogen (secondary N) is 1. The highest BCUT2D eigenvalue weighted by Crippen LogP contribution is 2.24. The van der Waals surface area contributed by atoms with Gasteiger partial charge in [-0.05, 0) is 24.3 Å². The van der Waals surface area contributed by atoms with E-state index in [4.69, 9.17) is 5.84 Å².